The third-order valence-electron chi connectivity index (χ3n) is 8.66. The molecule has 0 heterocycles. The van der Waals surface area contributed by atoms with Crippen molar-refractivity contribution >= 4 is 22.4 Å². The Labute approximate surface area is 200 Å². The highest BCUT2D eigenvalue weighted by Crippen LogP contribution is 2.43. The van der Waals surface area contributed by atoms with Crippen molar-refractivity contribution in [3.8, 4) is 0 Å². The molecule has 0 bridgehead atoms. The molecule has 0 amide bonds. The molecule has 2 saturated carbocycles. The van der Waals surface area contributed by atoms with E-state index < -0.39 is 16.6 Å². The van der Waals surface area contributed by atoms with Gasteiger partial charge in [-0.05, 0) is 60.6 Å². The number of ketones is 1. The molecule has 0 aromatic rings. The fourth-order valence-electron chi connectivity index (χ4n) is 4.26. The first-order valence-electron chi connectivity index (χ1n) is 12.7. The summed E-state index contributed by atoms with van der Waals surface area (Å²) in [6, 6.07) is 0. The molecule has 2 fully saturated rings. The lowest BCUT2D eigenvalue weighted by Gasteiger charge is -2.41. The Hall–Kier alpha value is -0.496. The Kier molecular flexibility index (Phi) is 8.68. The molecule has 0 aromatic carbocycles. The number of carbonyl (C=O) groups excluding carboxylic acids is 1. The maximum Gasteiger partial charge on any atom is 0.192 e. The molecule has 0 aromatic heterocycles. The van der Waals surface area contributed by atoms with Crippen LogP contribution in [0.1, 0.15) is 80.1 Å². The number of hydrogen-bond acceptors (Lipinski definition) is 3. The molecule has 2 rings (SSSR count). The Balaban J connectivity index is 2.29. The van der Waals surface area contributed by atoms with E-state index in [2.05, 4.69) is 86.5 Å². The van der Waals surface area contributed by atoms with Crippen molar-refractivity contribution < 1.29 is 13.6 Å². The standard InChI is InChI=1S/C27H50O3Si2/c1-20-22(25(19-23(20)28)30-32(10,11)27(5,6)7)17-18-24(21-15-13-12-14-16-21)29-31(8,9)26(2,3)4/h17-18,21-22,24-25H,1,12-16,19H2,2-11H3/t22-,24-,25-/m1/s1. The summed E-state index contributed by atoms with van der Waals surface area (Å²) in [5.74, 6) is 0.688. The summed E-state index contributed by atoms with van der Waals surface area (Å²) in [7, 11) is -3.88. The molecule has 0 radical (unpaired) electrons. The SMILES string of the molecule is C=C1C(=O)C[C@@H](O[Si](C)(C)C(C)(C)C)[C@@H]1C=C[C@@H](O[Si](C)(C)C(C)(C)C)C1CCCCC1. The first-order valence-corrected chi connectivity index (χ1v) is 18.5. The summed E-state index contributed by atoms with van der Waals surface area (Å²) in [5.41, 5.74) is 0.708. The van der Waals surface area contributed by atoms with Gasteiger partial charge in [-0.2, -0.15) is 0 Å². The zero-order chi connectivity index (χ0) is 24.5. The average molecular weight is 479 g/mol. The van der Waals surface area contributed by atoms with E-state index in [9.17, 15) is 4.79 Å². The fourth-order valence-corrected chi connectivity index (χ4v) is 6.91. The minimum atomic E-state index is -1.97. The zero-order valence-electron chi connectivity index (χ0n) is 22.6. The Bertz CT molecular complexity index is 703. The molecule has 0 aliphatic heterocycles. The van der Waals surface area contributed by atoms with Gasteiger partial charge in [0.1, 0.15) is 0 Å². The molecule has 5 heteroatoms. The summed E-state index contributed by atoms with van der Waals surface area (Å²) in [4.78, 5) is 12.6. The van der Waals surface area contributed by atoms with Gasteiger partial charge in [0.2, 0.25) is 0 Å². The molecule has 0 spiro atoms. The van der Waals surface area contributed by atoms with E-state index in [1.54, 1.807) is 0 Å². The lowest BCUT2D eigenvalue weighted by Crippen LogP contribution is -2.46. The molecule has 0 unspecified atom stereocenters. The molecule has 2 aliphatic rings. The van der Waals surface area contributed by atoms with E-state index >= 15 is 0 Å². The van der Waals surface area contributed by atoms with Crippen LogP contribution in [0.5, 0.6) is 0 Å². The molecular weight excluding hydrogens is 428 g/mol. The highest BCUT2D eigenvalue weighted by atomic mass is 28.4. The third-order valence-corrected chi connectivity index (χ3v) is 17.6. The van der Waals surface area contributed by atoms with Crippen LogP contribution in [0.25, 0.3) is 0 Å². The van der Waals surface area contributed by atoms with Crippen molar-refractivity contribution in [2.75, 3.05) is 0 Å². The van der Waals surface area contributed by atoms with Crippen molar-refractivity contribution in [1.82, 2.24) is 0 Å². The second kappa shape index (κ2) is 10.0. The summed E-state index contributed by atoms with van der Waals surface area (Å²) in [5, 5.41) is 0.291. The maximum atomic E-state index is 12.6. The lowest BCUT2D eigenvalue weighted by molar-refractivity contribution is -0.115. The molecule has 2 aliphatic carbocycles. The van der Waals surface area contributed by atoms with E-state index in [4.69, 9.17) is 8.85 Å². The summed E-state index contributed by atoms with van der Waals surface area (Å²) >= 11 is 0. The monoisotopic (exact) mass is 478 g/mol. The van der Waals surface area contributed by atoms with Gasteiger partial charge in [-0.1, -0.05) is 79.5 Å². The van der Waals surface area contributed by atoms with Crippen LogP contribution < -0.4 is 0 Å². The van der Waals surface area contributed by atoms with Crippen LogP contribution in [-0.4, -0.2) is 34.6 Å². The fraction of sp³-hybridized carbons (Fsp3) is 0.815. The minimum absolute atomic E-state index is 0.0364. The zero-order valence-corrected chi connectivity index (χ0v) is 24.6. The van der Waals surface area contributed by atoms with E-state index in [0.717, 1.165) is 0 Å². The Morgan fingerprint density at radius 1 is 0.938 bits per heavy atom. The normalized spacial score (nSPS) is 25.7. The number of rotatable bonds is 7. The highest BCUT2D eigenvalue weighted by Gasteiger charge is 2.45. The van der Waals surface area contributed by atoms with Crippen LogP contribution in [0.3, 0.4) is 0 Å². The van der Waals surface area contributed by atoms with Crippen LogP contribution in [0.2, 0.25) is 36.3 Å². The molecule has 0 N–H and O–H groups in total. The van der Waals surface area contributed by atoms with Crippen molar-refractivity contribution in [2.45, 2.75) is 129 Å². The average Bonchev–Trinajstić information content (AvgIpc) is 2.90. The van der Waals surface area contributed by atoms with Crippen molar-refractivity contribution in [3.63, 3.8) is 0 Å². The van der Waals surface area contributed by atoms with Gasteiger partial charge in [0.15, 0.2) is 22.4 Å². The van der Waals surface area contributed by atoms with Crippen molar-refractivity contribution in [3.05, 3.63) is 24.3 Å². The second-order valence-electron chi connectivity index (χ2n) is 13.2. The van der Waals surface area contributed by atoms with Gasteiger partial charge in [0.05, 0.1) is 12.2 Å². The van der Waals surface area contributed by atoms with Gasteiger partial charge in [-0.25, -0.2) is 0 Å². The molecule has 3 nitrogen and oxygen atoms in total. The molecule has 32 heavy (non-hydrogen) atoms. The maximum absolute atomic E-state index is 12.6. The van der Waals surface area contributed by atoms with Gasteiger partial charge < -0.3 is 8.85 Å². The molecule has 0 saturated heterocycles. The van der Waals surface area contributed by atoms with E-state index in [1.165, 1.54) is 32.1 Å². The molecular formula is C27H50O3Si2. The van der Waals surface area contributed by atoms with Crippen LogP contribution in [0, 0.1) is 11.8 Å². The third kappa shape index (κ3) is 6.55. The van der Waals surface area contributed by atoms with Gasteiger partial charge in [-0.15, -0.1) is 0 Å². The van der Waals surface area contributed by atoms with Gasteiger partial charge in [-0.3, -0.25) is 4.79 Å². The van der Waals surface area contributed by atoms with E-state index in [1.807, 2.05) is 0 Å². The number of Topliss-reactive ketones (excluding diaryl/α,β-unsaturated/α-hetero) is 1. The highest BCUT2D eigenvalue weighted by molar-refractivity contribution is 6.74. The first kappa shape index (κ1) is 27.7. The summed E-state index contributed by atoms with van der Waals surface area (Å²) in [6.45, 7) is 27.1. The predicted molar refractivity (Wildman–Crippen MR) is 142 cm³/mol. The van der Waals surface area contributed by atoms with Gasteiger partial charge in [0.25, 0.3) is 0 Å². The van der Waals surface area contributed by atoms with Crippen LogP contribution in [0.4, 0.5) is 0 Å². The predicted octanol–water partition coefficient (Wildman–Crippen LogP) is 8.05. The summed E-state index contributed by atoms with van der Waals surface area (Å²) in [6.07, 6.45) is 11.4. The van der Waals surface area contributed by atoms with Gasteiger partial charge in [0, 0.05) is 12.3 Å². The largest absolute Gasteiger partial charge is 0.413 e. The quantitative estimate of drug-likeness (QED) is 0.211. The number of hydrogen-bond donors (Lipinski definition) is 0. The van der Waals surface area contributed by atoms with Crippen LogP contribution in [0.15, 0.2) is 24.3 Å². The number of carbonyl (C=O) groups is 1. The van der Waals surface area contributed by atoms with E-state index in [0.29, 0.717) is 17.9 Å². The summed E-state index contributed by atoms with van der Waals surface area (Å²) < 4.78 is 13.7. The van der Waals surface area contributed by atoms with Gasteiger partial charge >= 0.3 is 0 Å². The Morgan fingerprint density at radius 2 is 1.47 bits per heavy atom. The van der Waals surface area contributed by atoms with E-state index in [-0.39, 0.29) is 34.0 Å². The van der Waals surface area contributed by atoms with Crippen molar-refractivity contribution in [2.24, 2.45) is 11.8 Å². The molecule has 3 atom stereocenters. The first-order chi connectivity index (χ1) is 14.5. The van der Waals surface area contributed by atoms with Crippen LogP contribution in [-0.2, 0) is 13.6 Å². The minimum Gasteiger partial charge on any atom is -0.413 e. The lowest BCUT2D eigenvalue weighted by atomic mass is 9.84. The molecule has 184 valence electrons. The Morgan fingerprint density at radius 3 is 1.97 bits per heavy atom. The second-order valence-corrected chi connectivity index (χ2v) is 22.7. The smallest absolute Gasteiger partial charge is 0.192 e. The topological polar surface area (TPSA) is 35.5 Å². The van der Waals surface area contributed by atoms with Crippen LogP contribution >= 0.6 is 0 Å². The van der Waals surface area contributed by atoms with Crippen molar-refractivity contribution in [1.29, 1.82) is 0 Å².